The summed E-state index contributed by atoms with van der Waals surface area (Å²) in [6.07, 6.45) is 3.07. The number of aromatic amines is 1. The first-order chi connectivity index (χ1) is 13.5. The van der Waals surface area contributed by atoms with E-state index in [1.807, 2.05) is 53.9 Å². The second kappa shape index (κ2) is 7.46. The zero-order valence-electron chi connectivity index (χ0n) is 16.4. The molecular weight excluding hydrogens is 350 g/mol. The normalized spacial score (nSPS) is 12.7. The second-order valence-electron chi connectivity index (χ2n) is 7.69. The van der Waals surface area contributed by atoms with Crippen LogP contribution in [0.3, 0.4) is 0 Å². The van der Waals surface area contributed by atoms with Gasteiger partial charge in [-0.25, -0.2) is 0 Å². The van der Waals surface area contributed by atoms with Gasteiger partial charge in [0.25, 0.3) is 0 Å². The number of nitrogens with zero attached hydrogens (tertiary/aromatic N) is 3. The molecular formula is C22H25N5O. The summed E-state index contributed by atoms with van der Waals surface area (Å²) in [6, 6.07) is 13.7. The van der Waals surface area contributed by atoms with Crippen LogP contribution in [0.15, 0.2) is 48.7 Å². The van der Waals surface area contributed by atoms with E-state index >= 15 is 0 Å². The fourth-order valence-corrected chi connectivity index (χ4v) is 3.77. The monoisotopic (exact) mass is 375 g/mol. The quantitative estimate of drug-likeness (QED) is 0.535. The van der Waals surface area contributed by atoms with Crippen LogP contribution < -0.4 is 5.32 Å². The molecule has 1 atom stereocenters. The highest BCUT2D eigenvalue weighted by molar-refractivity contribution is 5.90. The average Bonchev–Trinajstić information content (AvgIpc) is 3.22. The maximum atomic E-state index is 12.9. The lowest BCUT2D eigenvalue weighted by Gasteiger charge is -2.19. The highest BCUT2D eigenvalue weighted by atomic mass is 16.1. The van der Waals surface area contributed by atoms with Crippen molar-refractivity contribution in [2.24, 2.45) is 5.92 Å². The predicted molar refractivity (Wildman–Crippen MR) is 110 cm³/mol. The number of hydrogen-bond donors (Lipinski definition) is 2. The van der Waals surface area contributed by atoms with Gasteiger partial charge < -0.3 is 10.3 Å². The van der Waals surface area contributed by atoms with Gasteiger partial charge in [-0.05, 0) is 43.0 Å². The number of nitrogens with one attached hydrogen (secondary N) is 2. The molecule has 0 bridgehead atoms. The zero-order valence-corrected chi connectivity index (χ0v) is 16.4. The van der Waals surface area contributed by atoms with Gasteiger partial charge in [-0.2, -0.15) is 0 Å². The van der Waals surface area contributed by atoms with Crippen LogP contribution in [0.4, 0.5) is 0 Å². The van der Waals surface area contributed by atoms with Gasteiger partial charge in [0.2, 0.25) is 5.91 Å². The molecule has 0 fully saturated rings. The van der Waals surface area contributed by atoms with Gasteiger partial charge in [-0.1, -0.05) is 38.1 Å². The first-order valence-electron chi connectivity index (χ1n) is 9.68. The molecule has 1 amide bonds. The van der Waals surface area contributed by atoms with E-state index in [1.54, 1.807) is 0 Å². The van der Waals surface area contributed by atoms with Crippen LogP contribution in [0.2, 0.25) is 0 Å². The number of H-pyrrole nitrogens is 1. The lowest BCUT2D eigenvalue weighted by molar-refractivity contribution is -0.121. The summed E-state index contributed by atoms with van der Waals surface area (Å²) in [5.41, 5.74) is 3.92. The van der Waals surface area contributed by atoms with Crippen molar-refractivity contribution in [1.82, 2.24) is 24.9 Å². The maximum absolute atomic E-state index is 12.9. The minimum Gasteiger partial charge on any atom is -0.358 e. The maximum Gasteiger partial charge on any atom is 0.225 e. The summed E-state index contributed by atoms with van der Waals surface area (Å²) in [7, 11) is 0. The van der Waals surface area contributed by atoms with Crippen LogP contribution >= 0.6 is 0 Å². The van der Waals surface area contributed by atoms with Gasteiger partial charge in [0.15, 0.2) is 11.5 Å². The number of aryl methyl sites for hydroxylation is 1. The number of benzene rings is 1. The van der Waals surface area contributed by atoms with Crippen LogP contribution in [-0.2, 0) is 11.2 Å². The number of carbonyl (C=O) groups is 1. The highest BCUT2D eigenvalue weighted by Crippen LogP contribution is 2.24. The van der Waals surface area contributed by atoms with Gasteiger partial charge in [-0.3, -0.25) is 9.20 Å². The molecule has 0 spiro atoms. The Morgan fingerprint density at radius 1 is 1.14 bits per heavy atom. The van der Waals surface area contributed by atoms with Crippen LogP contribution in [-0.4, -0.2) is 25.5 Å². The number of hydrogen-bond acceptors (Lipinski definition) is 3. The average molecular weight is 375 g/mol. The molecule has 2 N–H and O–H groups in total. The van der Waals surface area contributed by atoms with Crippen molar-refractivity contribution in [3.8, 4) is 0 Å². The first-order valence-corrected chi connectivity index (χ1v) is 9.68. The van der Waals surface area contributed by atoms with Crippen molar-refractivity contribution in [3.05, 3.63) is 65.7 Å². The molecule has 1 aromatic carbocycles. The minimum absolute atomic E-state index is 0.00816. The highest BCUT2D eigenvalue weighted by Gasteiger charge is 2.22. The van der Waals surface area contributed by atoms with Crippen molar-refractivity contribution >= 4 is 22.5 Å². The first kappa shape index (κ1) is 18.2. The van der Waals surface area contributed by atoms with E-state index in [0.29, 0.717) is 12.3 Å². The number of carbonyl (C=O) groups excluding carboxylic acids is 1. The van der Waals surface area contributed by atoms with E-state index in [-0.39, 0.29) is 11.9 Å². The molecule has 0 aliphatic heterocycles. The van der Waals surface area contributed by atoms with Gasteiger partial charge in [0, 0.05) is 22.8 Å². The Labute approximate surface area is 164 Å². The van der Waals surface area contributed by atoms with Crippen molar-refractivity contribution in [1.29, 1.82) is 0 Å². The smallest absolute Gasteiger partial charge is 0.225 e. The number of aromatic nitrogens is 4. The van der Waals surface area contributed by atoms with E-state index in [1.165, 1.54) is 0 Å². The van der Waals surface area contributed by atoms with Gasteiger partial charge in [0.05, 0.1) is 12.5 Å². The largest absolute Gasteiger partial charge is 0.358 e. The Morgan fingerprint density at radius 2 is 1.93 bits per heavy atom. The third-order valence-corrected chi connectivity index (χ3v) is 5.06. The van der Waals surface area contributed by atoms with Gasteiger partial charge in [0.1, 0.15) is 0 Å². The van der Waals surface area contributed by atoms with Gasteiger partial charge in [-0.15, -0.1) is 10.2 Å². The number of fused-ring (bicyclic) bond motifs is 2. The third kappa shape index (κ3) is 3.50. The van der Waals surface area contributed by atoms with Crippen molar-refractivity contribution in [2.75, 3.05) is 0 Å². The fraction of sp³-hybridized carbons (Fsp3) is 0.318. The van der Waals surface area contributed by atoms with Crippen molar-refractivity contribution in [3.63, 3.8) is 0 Å². The molecule has 3 aromatic heterocycles. The van der Waals surface area contributed by atoms with Crippen LogP contribution in [0, 0.1) is 12.8 Å². The van der Waals surface area contributed by atoms with E-state index < -0.39 is 0 Å². The Kier molecular flexibility index (Phi) is 4.86. The predicted octanol–water partition coefficient (Wildman–Crippen LogP) is 3.97. The molecule has 0 aliphatic rings. The summed E-state index contributed by atoms with van der Waals surface area (Å²) in [5.74, 6) is 1.18. The number of para-hydroxylation sites is 1. The molecule has 28 heavy (non-hydrogen) atoms. The molecule has 144 valence electrons. The summed E-state index contributed by atoms with van der Waals surface area (Å²) < 4.78 is 1.95. The molecule has 0 radical (unpaired) electrons. The Bertz CT molecular complexity index is 1120. The van der Waals surface area contributed by atoms with E-state index in [4.69, 9.17) is 0 Å². The van der Waals surface area contributed by atoms with Crippen molar-refractivity contribution < 1.29 is 4.79 Å². The van der Waals surface area contributed by atoms with Crippen LogP contribution in [0.5, 0.6) is 0 Å². The fourth-order valence-electron chi connectivity index (χ4n) is 3.77. The van der Waals surface area contributed by atoms with E-state index in [2.05, 4.69) is 40.4 Å². The third-order valence-electron chi connectivity index (χ3n) is 5.06. The van der Waals surface area contributed by atoms with Gasteiger partial charge >= 0.3 is 0 Å². The molecule has 1 unspecified atom stereocenters. The van der Waals surface area contributed by atoms with E-state index in [0.717, 1.165) is 40.1 Å². The Hall–Kier alpha value is -3.15. The molecule has 0 aliphatic carbocycles. The lowest BCUT2D eigenvalue weighted by atomic mass is 10.0. The van der Waals surface area contributed by atoms with Crippen LogP contribution in [0.25, 0.3) is 16.6 Å². The topological polar surface area (TPSA) is 75.1 Å². The zero-order chi connectivity index (χ0) is 19.7. The Morgan fingerprint density at radius 3 is 2.75 bits per heavy atom. The molecule has 4 rings (SSSR count). The summed E-state index contributed by atoms with van der Waals surface area (Å²) in [4.78, 5) is 16.3. The molecule has 3 heterocycles. The standard InChI is InChI=1S/C22H25N5O/c1-14(2)12-19(22-26-25-20-10-6-7-11-27(20)22)24-21(28)13-17-15(3)23-18-9-5-4-8-16(17)18/h4-11,14,19,23H,12-13H2,1-3H3,(H,24,28). The SMILES string of the molecule is Cc1[nH]c2ccccc2c1CC(=O)NC(CC(C)C)c1nnc2ccccn12. The summed E-state index contributed by atoms with van der Waals surface area (Å²) in [6.45, 7) is 6.30. The van der Waals surface area contributed by atoms with Crippen molar-refractivity contribution in [2.45, 2.75) is 39.7 Å². The minimum atomic E-state index is -0.185. The lowest BCUT2D eigenvalue weighted by Crippen LogP contribution is -2.32. The number of rotatable bonds is 6. The molecule has 0 saturated heterocycles. The summed E-state index contributed by atoms with van der Waals surface area (Å²) in [5, 5.41) is 12.9. The Balaban J connectivity index is 1.60. The second-order valence-corrected chi connectivity index (χ2v) is 7.69. The van der Waals surface area contributed by atoms with Crippen LogP contribution in [0.1, 0.15) is 43.4 Å². The number of pyridine rings is 1. The molecule has 4 aromatic rings. The molecule has 0 saturated carbocycles. The molecule has 6 nitrogen and oxygen atoms in total. The number of amides is 1. The summed E-state index contributed by atoms with van der Waals surface area (Å²) >= 11 is 0. The molecule has 6 heteroatoms. The van der Waals surface area contributed by atoms with E-state index in [9.17, 15) is 4.79 Å².